The Labute approximate surface area is 134 Å². The van der Waals surface area contributed by atoms with Crippen LogP contribution in [0.1, 0.15) is 6.92 Å². The van der Waals surface area contributed by atoms with E-state index in [0.717, 1.165) is 15.4 Å². The van der Waals surface area contributed by atoms with Gasteiger partial charge in [0, 0.05) is 22.8 Å². The molecule has 0 aliphatic rings. The van der Waals surface area contributed by atoms with E-state index in [9.17, 15) is 9.59 Å². The summed E-state index contributed by atoms with van der Waals surface area (Å²) in [6, 6.07) is 14.1. The summed E-state index contributed by atoms with van der Waals surface area (Å²) in [5.41, 5.74) is 1.21. The van der Waals surface area contributed by atoms with Crippen molar-refractivity contribution in [3.8, 4) is 16.9 Å². The molecule has 2 aromatic carbocycles. The zero-order valence-electron chi connectivity index (χ0n) is 11.6. The molecule has 0 unspecified atom stereocenters. The molecule has 3 aromatic rings. The summed E-state index contributed by atoms with van der Waals surface area (Å²) in [6.45, 7) is 1.32. The highest BCUT2D eigenvalue weighted by atomic mass is 79.9. The van der Waals surface area contributed by atoms with Crippen LogP contribution in [0.4, 0.5) is 0 Å². The highest BCUT2D eigenvalue weighted by Gasteiger charge is 2.09. The van der Waals surface area contributed by atoms with E-state index in [-0.39, 0.29) is 0 Å². The number of carbonyl (C=O) groups excluding carboxylic acids is 1. The number of halogens is 1. The Morgan fingerprint density at radius 3 is 2.50 bits per heavy atom. The average molecular weight is 359 g/mol. The first kappa shape index (κ1) is 14.5. The summed E-state index contributed by atoms with van der Waals surface area (Å²) < 4.78 is 11.3. The van der Waals surface area contributed by atoms with Crippen molar-refractivity contribution >= 4 is 32.9 Å². The van der Waals surface area contributed by atoms with Gasteiger partial charge in [0.2, 0.25) is 0 Å². The number of ether oxygens (including phenoxy) is 1. The SMILES string of the molecule is CC(=O)Oc1ccc2cc(-c3ccc(Br)cc3)c(=O)oc2c1. The fourth-order valence-corrected chi connectivity index (χ4v) is 2.42. The van der Waals surface area contributed by atoms with E-state index in [2.05, 4.69) is 15.9 Å². The van der Waals surface area contributed by atoms with E-state index in [1.165, 1.54) is 13.0 Å². The van der Waals surface area contributed by atoms with Crippen LogP contribution >= 0.6 is 15.9 Å². The van der Waals surface area contributed by atoms with E-state index >= 15 is 0 Å². The van der Waals surface area contributed by atoms with Crippen LogP contribution in [0.25, 0.3) is 22.1 Å². The molecule has 5 heteroatoms. The number of rotatable bonds is 2. The van der Waals surface area contributed by atoms with E-state index in [0.29, 0.717) is 16.9 Å². The van der Waals surface area contributed by atoms with Crippen LogP contribution < -0.4 is 10.4 Å². The van der Waals surface area contributed by atoms with E-state index in [1.54, 1.807) is 18.2 Å². The molecule has 0 saturated carbocycles. The van der Waals surface area contributed by atoms with Crippen molar-refractivity contribution in [1.82, 2.24) is 0 Å². The second-order valence-electron chi connectivity index (χ2n) is 4.75. The zero-order chi connectivity index (χ0) is 15.7. The molecule has 0 radical (unpaired) electrons. The van der Waals surface area contributed by atoms with Crippen molar-refractivity contribution in [2.24, 2.45) is 0 Å². The first-order chi connectivity index (χ1) is 10.5. The fraction of sp³-hybridized carbons (Fsp3) is 0.0588. The first-order valence-corrected chi connectivity index (χ1v) is 7.34. The van der Waals surface area contributed by atoms with Gasteiger partial charge in [0.25, 0.3) is 0 Å². The third-order valence-electron chi connectivity index (χ3n) is 3.12. The molecule has 0 aliphatic carbocycles. The van der Waals surface area contributed by atoms with Crippen molar-refractivity contribution in [3.63, 3.8) is 0 Å². The molecule has 110 valence electrons. The third kappa shape index (κ3) is 2.94. The molecule has 0 fully saturated rings. The minimum Gasteiger partial charge on any atom is -0.427 e. The molecule has 22 heavy (non-hydrogen) atoms. The van der Waals surface area contributed by atoms with Crippen LogP contribution in [0, 0.1) is 0 Å². The highest BCUT2D eigenvalue weighted by molar-refractivity contribution is 9.10. The van der Waals surface area contributed by atoms with Gasteiger partial charge in [0.1, 0.15) is 11.3 Å². The minimum absolute atomic E-state index is 0.347. The van der Waals surface area contributed by atoms with Crippen molar-refractivity contribution in [2.45, 2.75) is 6.92 Å². The average Bonchev–Trinajstić information content (AvgIpc) is 2.47. The maximum atomic E-state index is 12.2. The fourth-order valence-electron chi connectivity index (χ4n) is 2.15. The van der Waals surface area contributed by atoms with Crippen molar-refractivity contribution < 1.29 is 13.9 Å². The molecular weight excluding hydrogens is 348 g/mol. The van der Waals surface area contributed by atoms with Crippen molar-refractivity contribution in [1.29, 1.82) is 0 Å². The zero-order valence-corrected chi connectivity index (χ0v) is 13.2. The van der Waals surface area contributed by atoms with E-state index < -0.39 is 11.6 Å². The van der Waals surface area contributed by atoms with Crippen LogP contribution in [0.2, 0.25) is 0 Å². The molecule has 4 nitrogen and oxygen atoms in total. The quantitative estimate of drug-likeness (QED) is 0.392. The Bertz CT molecular complexity index is 910. The number of hydrogen-bond donors (Lipinski definition) is 0. The second-order valence-corrected chi connectivity index (χ2v) is 5.66. The van der Waals surface area contributed by atoms with Gasteiger partial charge in [-0.2, -0.15) is 0 Å². The molecule has 0 aliphatic heterocycles. The molecular formula is C17H11BrO4. The topological polar surface area (TPSA) is 56.5 Å². The van der Waals surface area contributed by atoms with Crippen LogP contribution in [0.3, 0.4) is 0 Å². The van der Waals surface area contributed by atoms with Gasteiger partial charge in [-0.15, -0.1) is 0 Å². The van der Waals surface area contributed by atoms with Gasteiger partial charge >= 0.3 is 11.6 Å². The Morgan fingerprint density at radius 1 is 1.09 bits per heavy atom. The molecule has 0 atom stereocenters. The van der Waals surface area contributed by atoms with Crippen LogP contribution in [-0.2, 0) is 4.79 Å². The van der Waals surface area contributed by atoms with Crippen molar-refractivity contribution in [2.75, 3.05) is 0 Å². The predicted molar refractivity (Wildman–Crippen MR) is 86.9 cm³/mol. The molecule has 0 saturated heterocycles. The maximum Gasteiger partial charge on any atom is 0.344 e. The molecule has 1 aromatic heterocycles. The number of hydrogen-bond acceptors (Lipinski definition) is 4. The standard InChI is InChI=1S/C17H11BrO4/c1-10(19)21-14-7-4-12-8-15(17(20)22-16(12)9-14)11-2-5-13(18)6-3-11/h2-9H,1H3. The predicted octanol–water partition coefficient (Wildman–Crippen LogP) is 4.15. The van der Waals surface area contributed by atoms with Crippen LogP contribution in [0.5, 0.6) is 5.75 Å². The summed E-state index contributed by atoms with van der Waals surface area (Å²) in [6.07, 6.45) is 0. The third-order valence-corrected chi connectivity index (χ3v) is 3.65. The lowest BCUT2D eigenvalue weighted by molar-refractivity contribution is -0.131. The number of benzene rings is 2. The summed E-state index contributed by atoms with van der Waals surface area (Å²) in [5.74, 6) is -0.0762. The lowest BCUT2D eigenvalue weighted by Gasteiger charge is -2.05. The normalized spacial score (nSPS) is 10.6. The van der Waals surface area contributed by atoms with Gasteiger partial charge in [0.05, 0.1) is 5.56 Å². The summed E-state index contributed by atoms with van der Waals surface area (Å²) in [4.78, 5) is 23.1. The number of esters is 1. The van der Waals surface area contributed by atoms with E-state index in [1.807, 2.05) is 24.3 Å². The van der Waals surface area contributed by atoms with E-state index in [4.69, 9.17) is 9.15 Å². The summed E-state index contributed by atoms with van der Waals surface area (Å²) in [5, 5.41) is 0.758. The van der Waals surface area contributed by atoms with Gasteiger partial charge in [-0.25, -0.2) is 4.79 Å². The van der Waals surface area contributed by atoms with Crippen molar-refractivity contribution in [3.05, 3.63) is 63.4 Å². The van der Waals surface area contributed by atoms with Crippen LogP contribution in [-0.4, -0.2) is 5.97 Å². The Morgan fingerprint density at radius 2 is 1.82 bits per heavy atom. The highest BCUT2D eigenvalue weighted by Crippen LogP contribution is 2.25. The smallest absolute Gasteiger partial charge is 0.344 e. The minimum atomic E-state index is -0.435. The maximum absolute atomic E-state index is 12.2. The molecule has 0 spiro atoms. The second kappa shape index (κ2) is 5.77. The van der Waals surface area contributed by atoms with Gasteiger partial charge in [-0.1, -0.05) is 28.1 Å². The summed E-state index contributed by atoms with van der Waals surface area (Å²) >= 11 is 3.36. The Balaban J connectivity index is 2.11. The van der Waals surface area contributed by atoms with Gasteiger partial charge < -0.3 is 9.15 Å². The molecule has 0 bridgehead atoms. The van der Waals surface area contributed by atoms with Gasteiger partial charge in [-0.05, 0) is 35.9 Å². The first-order valence-electron chi connectivity index (χ1n) is 6.55. The molecule has 1 heterocycles. The molecule has 3 rings (SSSR count). The largest absolute Gasteiger partial charge is 0.427 e. The molecule has 0 amide bonds. The molecule has 0 N–H and O–H groups in total. The number of carbonyl (C=O) groups is 1. The Kier molecular flexibility index (Phi) is 3.81. The lowest BCUT2D eigenvalue weighted by Crippen LogP contribution is -2.04. The van der Waals surface area contributed by atoms with Gasteiger partial charge in [0.15, 0.2) is 0 Å². The van der Waals surface area contributed by atoms with Crippen LogP contribution in [0.15, 0.2) is 62.2 Å². The monoisotopic (exact) mass is 358 g/mol. The summed E-state index contributed by atoms with van der Waals surface area (Å²) in [7, 11) is 0. The lowest BCUT2D eigenvalue weighted by atomic mass is 10.1. The number of fused-ring (bicyclic) bond motifs is 1. The van der Waals surface area contributed by atoms with Gasteiger partial charge in [-0.3, -0.25) is 4.79 Å². The Hall–Kier alpha value is -2.40.